The van der Waals surface area contributed by atoms with E-state index in [4.69, 9.17) is 4.74 Å². The van der Waals surface area contributed by atoms with Crippen LogP contribution in [0.15, 0.2) is 59.5 Å². The molecule has 2 heterocycles. The number of para-hydroxylation sites is 1. The van der Waals surface area contributed by atoms with Gasteiger partial charge in [0.05, 0.1) is 12.7 Å². The molecule has 1 N–H and O–H groups in total. The molecule has 0 spiro atoms. The number of carbonyl (C=O) groups is 1. The molecule has 2 aromatic carbocycles. The zero-order valence-corrected chi connectivity index (χ0v) is 19.0. The van der Waals surface area contributed by atoms with E-state index in [-0.39, 0.29) is 5.97 Å². The monoisotopic (exact) mass is 440 g/mol. The summed E-state index contributed by atoms with van der Waals surface area (Å²) in [7, 11) is 0. The van der Waals surface area contributed by atoms with Gasteiger partial charge in [0.1, 0.15) is 4.75 Å². The molecule has 0 radical (unpaired) electrons. The number of aryl methyl sites for hydroxylation is 1. The molecule has 0 amide bonds. The zero-order chi connectivity index (χ0) is 21.7. The van der Waals surface area contributed by atoms with Crippen LogP contribution < -0.4 is 4.90 Å². The van der Waals surface area contributed by atoms with E-state index in [2.05, 4.69) is 40.1 Å². The second kappa shape index (κ2) is 10.1. The topological polar surface area (TPSA) is 53.0 Å². The van der Waals surface area contributed by atoms with E-state index in [0.29, 0.717) is 13.0 Å². The molecule has 2 atom stereocenters. The van der Waals surface area contributed by atoms with Crippen LogP contribution in [0.5, 0.6) is 0 Å². The Hall–Kier alpha value is -2.02. The van der Waals surface area contributed by atoms with Crippen molar-refractivity contribution in [3.05, 3.63) is 60.2 Å². The summed E-state index contributed by atoms with van der Waals surface area (Å²) in [4.78, 5) is 18.8. The third kappa shape index (κ3) is 5.25. The number of hydrogen-bond acceptors (Lipinski definition) is 6. The lowest BCUT2D eigenvalue weighted by Gasteiger charge is -2.36. The lowest BCUT2D eigenvalue weighted by Crippen LogP contribution is -2.47. The predicted molar refractivity (Wildman–Crippen MR) is 126 cm³/mol. The summed E-state index contributed by atoms with van der Waals surface area (Å²) in [5.41, 5.74) is 2.48. The highest BCUT2D eigenvalue weighted by Gasteiger charge is 2.45. The summed E-state index contributed by atoms with van der Waals surface area (Å²) < 4.78 is 4.69. The van der Waals surface area contributed by atoms with Crippen LogP contribution in [0, 0.1) is 0 Å². The number of piperazine rings is 1. The van der Waals surface area contributed by atoms with Crippen LogP contribution in [0.3, 0.4) is 0 Å². The summed E-state index contributed by atoms with van der Waals surface area (Å²) in [5, 5.41) is 10.7. The van der Waals surface area contributed by atoms with Crippen molar-refractivity contribution in [1.29, 1.82) is 0 Å². The van der Waals surface area contributed by atoms with Gasteiger partial charge >= 0.3 is 5.97 Å². The maximum Gasteiger partial charge on any atom is 0.324 e. The Labute approximate surface area is 189 Å². The summed E-state index contributed by atoms with van der Waals surface area (Å²) in [5.74, 6) is -0.310. The second-order valence-electron chi connectivity index (χ2n) is 8.53. The number of esters is 1. The Kier molecular flexibility index (Phi) is 7.20. The van der Waals surface area contributed by atoms with Crippen molar-refractivity contribution in [2.45, 2.75) is 41.9 Å². The van der Waals surface area contributed by atoms with Crippen LogP contribution in [0.1, 0.15) is 25.3 Å². The summed E-state index contributed by atoms with van der Waals surface area (Å²) in [6.45, 7) is 7.20. The smallest absolute Gasteiger partial charge is 0.324 e. The van der Waals surface area contributed by atoms with E-state index in [1.807, 2.05) is 31.2 Å². The van der Waals surface area contributed by atoms with Crippen molar-refractivity contribution in [2.75, 3.05) is 44.2 Å². The molecular formula is C25H32N2O3S. The van der Waals surface area contributed by atoms with E-state index in [1.165, 1.54) is 23.0 Å². The van der Waals surface area contributed by atoms with Gasteiger partial charge in [-0.2, -0.15) is 0 Å². The van der Waals surface area contributed by atoms with Gasteiger partial charge in [0.25, 0.3) is 0 Å². The molecule has 0 aromatic heterocycles. The molecule has 2 unspecified atom stereocenters. The van der Waals surface area contributed by atoms with Crippen LogP contribution in [-0.4, -0.2) is 66.2 Å². The van der Waals surface area contributed by atoms with Gasteiger partial charge in [-0.15, -0.1) is 11.8 Å². The molecule has 31 heavy (non-hydrogen) atoms. The Bertz CT molecular complexity index is 870. The van der Waals surface area contributed by atoms with E-state index in [1.54, 1.807) is 0 Å². The van der Waals surface area contributed by atoms with Crippen LogP contribution in [0.4, 0.5) is 5.69 Å². The molecule has 0 aliphatic carbocycles. The molecule has 6 heteroatoms. The first-order valence-corrected chi connectivity index (χ1v) is 12.0. The standard InChI is InChI=1S/C25H32N2O3S/c1-25(23(28)13-12-20-8-5-6-11-22(20)31-25)24(29)30-19-7-14-26-15-17-27(18-16-26)21-9-3-2-4-10-21/h2-6,8-11,23,28H,7,12-19H2,1H3. The first-order chi connectivity index (χ1) is 15.1. The number of ether oxygens (including phenoxy) is 1. The zero-order valence-electron chi connectivity index (χ0n) is 18.2. The Morgan fingerprint density at radius 2 is 1.81 bits per heavy atom. The number of aliphatic hydroxyl groups excluding tert-OH is 1. The fourth-order valence-corrected chi connectivity index (χ4v) is 5.62. The first kappa shape index (κ1) is 22.2. The molecule has 4 rings (SSSR count). The number of nitrogens with zero attached hydrogens (tertiary/aromatic N) is 2. The number of carbonyl (C=O) groups excluding carboxylic acids is 1. The number of fused-ring (bicyclic) bond motifs is 1. The van der Waals surface area contributed by atoms with Gasteiger partial charge in [0.2, 0.25) is 0 Å². The van der Waals surface area contributed by atoms with Crippen molar-refractivity contribution in [3.63, 3.8) is 0 Å². The first-order valence-electron chi connectivity index (χ1n) is 11.2. The lowest BCUT2D eigenvalue weighted by atomic mass is 9.97. The van der Waals surface area contributed by atoms with Gasteiger partial charge < -0.3 is 14.7 Å². The minimum atomic E-state index is -0.964. The molecule has 2 aliphatic heterocycles. The fourth-order valence-electron chi connectivity index (χ4n) is 4.32. The Balaban J connectivity index is 1.22. The van der Waals surface area contributed by atoms with Crippen molar-refractivity contribution in [2.24, 2.45) is 0 Å². The van der Waals surface area contributed by atoms with Crippen LogP contribution in [-0.2, 0) is 16.0 Å². The second-order valence-corrected chi connectivity index (χ2v) is 10.0. The molecule has 0 bridgehead atoms. The average Bonchev–Trinajstić information content (AvgIpc) is 2.94. The van der Waals surface area contributed by atoms with E-state index < -0.39 is 10.9 Å². The van der Waals surface area contributed by atoms with Crippen LogP contribution >= 0.6 is 11.8 Å². The predicted octanol–water partition coefficient (Wildman–Crippen LogP) is 3.60. The third-order valence-electron chi connectivity index (χ3n) is 6.37. The molecule has 1 fully saturated rings. The highest BCUT2D eigenvalue weighted by molar-refractivity contribution is 8.01. The number of aliphatic hydroxyl groups is 1. The fraction of sp³-hybridized carbons (Fsp3) is 0.480. The van der Waals surface area contributed by atoms with Gasteiger partial charge in [-0.25, -0.2) is 0 Å². The minimum absolute atomic E-state index is 0.310. The largest absolute Gasteiger partial charge is 0.465 e. The molecule has 1 saturated heterocycles. The molecule has 0 saturated carbocycles. The van der Waals surface area contributed by atoms with Crippen LogP contribution in [0.25, 0.3) is 0 Å². The minimum Gasteiger partial charge on any atom is -0.465 e. The van der Waals surface area contributed by atoms with Gasteiger partial charge in [-0.3, -0.25) is 9.69 Å². The maximum absolute atomic E-state index is 12.9. The Morgan fingerprint density at radius 3 is 2.58 bits per heavy atom. The summed E-state index contributed by atoms with van der Waals surface area (Å²) >= 11 is 1.44. The average molecular weight is 441 g/mol. The van der Waals surface area contributed by atoms with Gasteiger partial charge in [-0.05, 0) is 49.9 Å². The summed E-state index contributed by atoms with van der Waals surface area (Å²) in [6.07, 6.45) is 1.44. The van der Waals surface area contributed by atoms with E-state index in [9.17, 15) is 9.90 Å². The third-order valence-corrected chi connectivity index (χ3v) is 7.85. The normalized spacial score (nSPS) is 24.3. The van der Waals surface area contributed by atoms with Gasteiger partial charge in [0, 0.05) is 43.3 Å². The molecular weight excluding hydrogens is 408 g/mol. The number of hydrogen-bond donors (Lipinski definition) is 1. The van der Waals surface area contributed by atoms with Gasteiger partial charge in [0.15, 0.2) is 0 Å². The van der Waals surface area contributed by atoms with Crippen LogP contribution in [0.2, 0.25) is 0 Å². The molecule has 5 nitrogen and oxygen atoms in total. The highest BCUT2D eigenvalue weighted by atomic mass is 32.2. The van der Waals surface area contributed by atoms with Crippen molar-refractivity contribution in [1.82, 2.24) is 4.90 Å². The highest BCUT2D eigenvalue weighted by Crippen LogP contribution is 2.42. The molecule has 2 aliphatic rings. The Morgan fingerprint density at radius 1 is 1.10 bits per heavy atom. The number of thioether (sulfide) groups is 1. The van der Waals surface area contributed by atoms with E-state index in [0.717, 1.165) is 50.5 Å². The number of anilines is 1. The van der Waals surface area contributed by atoms with Crippen molar-refractivity contribution >= 4 is 23.4 Å². The molecule has 2 aromatic rings. The van der Waals surface area contributed by atoms with Crippen molar-refractivity contribution < 1.29 is 14.6 Å². The van der Waals surface area contributed by atoms with Crippen molar-refractivity contribution in [3.8, 4) is 0 Å². The SMILES string of the molecule is CC1(C(=O)OCCCN2CCN(c3ccccc3)CC2)Sc2ccccc2CCC1O. The molecule has 166 valence electrons. The quantitative estimate of drug-likeness (QED) is 0.547. The maximum atomic E-state index is 12.9. The number of benzene rings is 2. The lowest BCUT2D eigenvalue weighted by molar-refractivity contribution is -0.149. The number of rotatable bonds is 6. The summed E-state index contributed by atoms with van der Waals surface area (Å²) in [6, 6.07) is 18.6. The van der Waals surface area contributed by atoms with E-state index >= 15 is 0 Å². The van der Waals surface area contributed by atoms with Gasteiger partial charge in [-0.1, -0.05) is 36.4 Å².